The van der Waals surface area contributed by atoms with Crippen molar-refractivity contribution in [3.05, 3.63) is 6.07 Å². The van der Waals surface area contributed by atoms with Crippen LogP contribution in [0.1, 0.15) is 12.8 Å². The average Bonchev–Trinajstić information content (AvgIpc) is 2.38. The number of methoxy groups -OCH3 is 1. The highest BCUT2D eigenvalue weighted by atomic mass is 16.5. The highest BCUT2D eigenvalue weighted by Gasteiger charge is 2.21. The Morgan fingerprint density at radius 2 is 2.35 bits per heavy atom. The molecule has 94 valence electrons. The van der Waals surface area contributed by atoms with Crippen LogP contribution in [0.25, 0.3) is 0 Å². The lowest BCUT2D eigenvalue weighted by Gasteiger charge is -2.32. The van der Waals surface area contributed by atoms with Crippen LogP contribution in [-0.4, -0.2) is 43.3 Å². The normalized spacial score (nSPS) is 20.4. The third kappa shape index (κ3) is 2.76. The molecule has 1 aliphatic heterocycles. The molecule has 6 nitrogen and oxygen atoms in total. The van der Waals surface area contributed by atoms with E-state index in [1.165, 1.54) is 0 Å². The molecule has 3 N–H and O–H groups in total. The second-order valence-electron chi connectivity index (χ2n) is 4.17. The maximum atomic E-state index is 5.76. The van der Waals surface area contributed by atoms with E-state index in [-0.39, 0.29) is 6.10 Å². The predicted octanol–water partition coefficient (Wildman–Crippen LogP) is 0.716. The summed E-state index contributed by atoms with van der Waals surface area (Å²) < 4.78 is 5.40. The summed E-state index contributed by atoms with van der Waals surface area (Å²) in [5.41, 5.74) is 5.76. The Morgan fingerprint density at radius 1 is 1.53 bits per heavy atom. The molecule has 17 heavy (non-hydrogen) atoms. The van der Waals surface area contributed by atoms with Crippen molar-refractivity contribution in [2.24, 2.45) is 0 Å². The molecular weight excluding hydrogens is 218 g/mol. The minimum Gasteiger partial charge on any atom is -0.383 e. The fourth-order valence-electron chi connectivity index (χ4n) is 2.07. The highest BCUT2D eigenvalue weighted by molar-refractivity contribution is 5.51. The minimum absolute atomic E-state index is 0.276. The number of hydrogen-bond donors (Lipinski definition) is 2. The smallest absolute Gasteiger partial charge is 0.226 e. The molecule has 0 aromatic carbocycles. The van der Waals surface area contributed by atoms with Crippen LogP contribution in [0.5, 0.6) is 0 Å². The number of anilines is 3. The van der Waals surface area contributed by atoms with E-state index in [0.717, 1.165) is 31.7 Å². The van der Waals surface area contributed by atoms with Gasteiger partial charge in [-0.25, -0.2) is 0 Å². The molecule has 2 rings (SSSR count). The Bertz CT molecular complexity index is 384. The maximum Gasteiger partial charge on any atom is 0.226 e. The molecule has 1 aromatic rings. The summed E-state index contributed by atoms with van der Waals surface area (Å²) in [6.07, 6.45) is 2.49. The molecule has 0 bridgehead atoms. The molecule has 1 unspecified atom stereocenters. The molecule has 1 saturated heterocycles. The van der Waals surface area contributed by atoms with E-state index in [0.29, 0.717) is 11.8 Å². The summed E-state index contributed by atoms with van der Waals surface area (Å²) in [5, 5.41) is 2.91. The first-order valence-corrected chi connectivity index (χ1v) is 5.83. The lowest BCUT2D eigenvalue weighted by atomic mass is 10.1. The molecule has 1 aliphatic rings. The van der Waals surface area contributed by atoms with Gasteiger partial charge in [0.1, 0.15) is 11.6 Å². The van der Waals surface area contributed by atoms with E-state index in [4.69, 9.17) is 10.5 Å². The molecule has 0 spiro atoms. The van der Waals surface area contributed by atoms with Crippen molar-refractivity contribution in [2.45, 2.75) is 18.9 Å². The number of aromatic nitrogens is 2. The number of hydrogen-bond acceptors (Lipinski definition) is 6. The Labute approximate surface area is 101 Å². The Morgan fingerprint density at radius 3 is 3.06 bits per heavy atom. The van der Waals surface area contributed by atoms with Crippen molar-refractivity contribution in [2.75, 3.05) is 43.2 Å². The van der Waals surface area contributed by atoms with Gasteiger partial charge in [-0.15, -0.1) is 0 Å². The summed E-state index contributed by atoms with van der Waals surface area (Å²) in [5.74, 6) is 1.90. The number of rotatable bonds is 3. The van der Waals surface area contributed by atoms with Crippen LogP contribution in [0.4, 0.5) is 17.6 Å². The first kappa shape index (κ1) is 11.9. The van der Waals surface area contributed by atoms with Crippen LogP contribution in [-0.2, 0) is 4.74 Å². The zero-order valence-electron chi connectivity index (χ0n) is 10.3. The maximum absolute atomic E-state index is 5.76. The first-order valence-electron chi connectivity index (χ1n) is 5.83. The van der Waals surface area contributed by atoms with Crippen LogP contribution in [0.2, 0.25) is 0 Å². The number of piperidine rings is 1. The van der Waals surface area contributed by atoms with E-state index in [1.54, 1.807) is 20.2 Å². The fraction of sp³-hybridized carbons (Fsp3) is 0.636. The molecule has 0 amide bonds. The standard InChI is InChI=1S/C11H19N5O/c1-13-11-14-9(12)6-10(15-11)16-5-3-4-8(7-16)17-2/h6,8H,3-5,7H2,1-2H3,(H3,12,13,14,15). The average molecular weight is 237 g/mol. The van der Waals surface area contributed by atoms with Gasteiger partial charge in [0.15, 0.2) is 0 Å². The van der Waals surface area contributed by atoms with Crippen molar-refractivity contribution in [1.29, 1.82) is 0 Å². The summed E-state index contributed by atoms with van der Waals surface area (Å²) >= 11 is 0. The number of nitrogens with zero attached hydrogens (tertiary/aromatic N) is 3. The van der Waals surface area contributed by atoms with Gasteiger partial charge in [-0.1, -0.05) is 0 Å². The highest BCUT2D eigenvalue weighted by Crippen LogP contribution is 2.21. The van der Waals surface area contributed by atoms with Gasteiger partial charge in [-0.3, -0.25) is 0 Å². The summed E-state index contributed by atoms with van der Waals surface area (Å²) in [4.78, 5) is 10.7. The first-order chi connectivity index (χ1) is 8.22. The van der Waals surface area contributed by atoms with E-state index < -0.39 is 0 Å². The fourth-order valence-corrected chi connectivity index (χ4v) is 2.07. The van der Waals surface area contributed by atoms with Crippen molar-refractivity contribution >= 4 is 17.6 Å². The molecule has 1 aromatic heterocycles. The van der Waals surface area contributed by atoms with E-state index in [9.17, 15) is 0 Å². The molecule has 0 saturated carbocycles. The monoisotopic (exact) mass is 237 g/mol. The van der Waals surface area contributed by atoms with Crippen molar-refractivity contribution < 1.29 is 4.74 Å². The molecule has 0 aliphatic carbocycles. The molecule has 6 heteroatoms. The van der Waals surface area contributed by atoms with Gasteiger partial charge in [0, 0.05) is 33.3 Å². The Hall–Kier alpha value is -1.56. The van der Waals surface area contributed by atoms with Crippen LogP contribution in [0.3, 0.4) is 0 Å². The lowest BCUT2D eigenvalue weighted by molar-refractivity contribution is 0.0891. The van der Waals surface area contributed by atoms with E-state index >= 15 is 0 Å². The van der Waals surface area contributed by atoms with Gasteiger partial charge in [0.05, 0.1) is 6.10 Å². The number of nitrogens with two attached hydrogens (primary N) is 1. The van der Waals surface area contributed by atoms with Crippen LogP contribution < -0.4 is 16.0 Å². The molecule has 2 heterocycles. The summed E-state index contributed by atoms with van der Waals surface area (Å²) in [6.45, 7) is 1.84. The van der Waals surface area contributed by atoms with Crippen molar-refractivity contribution in [3.63, 3.8) is 0 Å². The lowest BCUT2D eigenvalue weighted by Crippen LogP contribution is -2.39. The molecule has 1 atom stereocenters. The second kappa shape index (κ2) is 5.18. The van der Waals surface area contributed by atoms with Gasteiger partial charge in [0.25, 0.3) is 0 Å². The summed E-state index contributed by atoms with van der Waals surface area (Å²) in [6, 6.07) is 1.80. The zero-order chi connectivity index (χ0) is 12.3. The second-order valence-corrected chi connectivity index (χ2v) is 4.17. The van der Waals surface area contributed by atoms with Crippen molar-refractivity contribution in [1.82, 2.24) is 9.97 Å². The van der Waals surface area contributed by atoms with Gasteiger partial charge in [0.2, 0.25) is 5.95 Å². The number of nitrogen functional groups attached to an aromatic ring is 1. The summed E-state index contributed by atoms with van der Waals surface area (Å²) in [7, 11) is 3.54. The van der Waals surface area contributed by atoms with Gasteiger partial charge < -0.3 is 20.7 Å². The van der Waals surface area contributed by atoms with E-state index in [1.807, 2.05) is 0 Å². The SMILES string of the molecule is CNc1nc(N)cc(N2CCCC(OC)C2)n1. The third-order valence-electron chi connectivity index (χ3n) is 2.99. The van der Waals surface area contributed by atoms with Gasteiger partial charge in [-0.05, 0) is 12.8 Å². The van der Waals surface area contributed by atoms with Crippen molar-refractivity contribution in [3.8, 4) is 0 Å². The Balaban J connectivity index is 2.18. The topological polar surface area (TPSA) is 76.3 Å². The number of ether oxygens (including phenoxy) is 1. The van der Waals surface area contributed by atoms with Crippen LogP contribution in [0.15, 0.2) is 6.07 Å². The van der Waals surface area contributed by atoms with Gasteiger partial charge >= 0.3 is 0 Å². The van der Waals surface area contributed by atoms with E-state index in [2.05, 4.69) is 20.2 Å². The Kier molecular flexibility index (Phi) is 3.63. The molecular formula is C11H19N5O. The van der Waals surface area contributed by atoms with Gasteiger partial charge in [-0.2, -0.15) is 9.97 Å². The molecule has 1 fully saturated rings. The predicted molar refractivity (Wildman–Crippen MR) is 68.2 cm³/mol. The third-order valence-corrected chi connectivity index (χ3v) is 2.99. The van der Waals surface area contributed by atoms with Crippen LogP contribution >= 0.6 is 0 Å². The molecule has 0 radical (unpaired) electrons. The number of nitrogens with one attached hydrogen (secondary N) is 1. The minimum atomic E-state index is 0.276. The zero-order valence-corrected chi connectivity index (χ0v) is 10.3. The largest absolute Gasteiger partial charge is 0.383 e. The van der Waals surface area contributed by atoms with Crippen LogP contribution in [0, 0.1) is 0 Å². The quantitative estimate of drug-likeness (QED) is 0.806.